The molecule has 1 aromatic carbocycles. The SMILES string of the molecule is COC(=O)c1ccccc1O.O=P(O)(O)O. The average Bonchev–Trinajstić information content (AvgIpc) is 2.15. The van der Waals surface area contributed by atoms with Crippen LogP contribution in [0.25, 0.3) is 0 Å². The van der Waals surface area contributed by atoms with Crippen LogP contribution in [0.5, 0.6) is 5.75 Å². The van der Waals surface area contributed by atoms with E-state index in [1.807, 2.05) is 0 Å². The molecule has 90 valence electrons. The fraction of sp³-hybridized carbons (Fsp3) is 0.125. The number of phenols is 1. The van der Waals surface area contributed by atoms with Gasteiger partial charge in [-0.15, -0.1) is 0 Å². The molecule has 0 aliphatic carbocycles. The monoisotopic (exact) mass is 250 g/mol. The zero-order valence-electron chi connectivity index (χ0n) is 8.27. The topological polar surface area (TPSA) is 124 Å². The van der Waals surface area contributed by atoms with Crippen LogP contribution in [0, 0.1) is 0 Å². The maximum Gasteiger partial charge on any atom is 0.466 e. The minimum absolute atomic E-state index is 0.0562. The van der Waals surface area contributed by atoms with E-state index in [1.165, 1.54) is 19.2 Å². The molecular weight excluding hydrogens is 239 g/mol. The molecule has 0 heterocycles. The van der Waals surface area contributed by atoms with Crippen LogP contribution in [0.15, 0.2) is 24.3 Å². The van der Waals surface area contributed by atoms with Gasteiger partial charge in [0.1, 0.15) is 11.3 Å². The number of carbonyl (C=O) groups is 1. The lowest BCUT2D eigenvalue weighted by atomic mass is 10.2. The number of methoxy groups -OCH3 is 1. The van der Waals surface area contributed by atoms with Crippen molar-refractivity contribution in [3.8, 4) is 5.75 Å². The Morgan fingerprint density at radius 2 is 1.69 bits per heavy atom. The van der Waals surface area contributed by atoms with Crippen molar-refractivity contribution in [2.75, 3.05) is 7.11 Å². The number of aromatic hydroxyl groups is 1. The lowest BCUT2D eigenvalue weighted by Gasteiger charge is -1.99. The Morgan fingerprint density at radius 3 is 2.06 bits per heavy atom. The van der Waals surface area contributed by atoms with Crippen LogP contribution in [0.2, 0.25) is 0 Å². The summed E-state index contributed by atoms with van der Waals surface area (Å²) in [6.07, 6.45) is 0. The van der Waals surface area contributed by atoms with Gasteiger partial charge in [-0.05, 0) is 12.1 Å². The molecular formula is C8H11O7P. The summed E-state index contributed by atoms with van der Waals surface area (Å²) in [6, 6.07) is 6.24. The van der Waals surface area contributed by atoms with Crippen LogP contribution >= 0.6 is 7.82 Å². The summed E-state index contributed by atoms with van der Waals surface area (Å²) in [7, 11) is -3.37. The van der Waals surface area contributed by atoms with Gasteiger partial charge in [0.2, 0.25) is 0 Å². The number of phenolic OH excluding ortho intramolecular Hbond substituents is 1. The molecule has 0 saturated heterocycles. The summed E-state index contributed by atoms with van der Waals surface area (Å²) in [5, 5.41) is 9.11. The van der Waals surface area contributed by atoms with Gasteiger partial charge in [-0.25, -0.2) is 9.36 Å². The maximum atomic E-state index is 10.9. The van der Waals surface area contributed by atoms with Crippen LogP contribution in [-0.4, -0.2) is 32.9 Å². The summed E-state index contributed by atoms with van der Waals surface area (Å²) < 4.78 is 13.3. The summed E-state index contributed by atoms with van der Waals surface area (Å²) in [6.45, 7) is 0. The Hall–Kier alpha value is -1.40. The Morgan fingerprint density at radius 1 is 1.25 bits per heavy atom. The van der Waals surface area contributed by atoms with Gasteiger partial charge in [0.15, 0.2) is 0 Å². The van der Waals surface area contributed by atoms with Gasteiger partial charge in [-0.3, -0.25) is 0 Å². The molecule has 0 unspecified atom stereocenters. The van der Waals surface area contributed by atoms with Crippen molar-refractivity contribution in [3.63, 3.8) is 0 Å². The molecule has 4 N–H and O–H groups in total. The molecule has 0 spiro atoms. The number of para-hydroxylation sites is 1. The van der Waals surface area contributed by atoms with Gasteiger partial charge in [0.25, 0.3) is 0 Å². The number of rotatable bonds is 1. The molecule has 8 heteroatoms. The highest BCUT2D eigenvalue weighted by molar-refractivity contribution is 7.45. The molecule has 0 saturated carbocycles. The lowest BCUT2D eigenvalue weighted by molar-refractivity contribution is 0.0597. The second-order valence-electron chi connectivity index (χ2n) is 2.52. The first-order valence-corrected chi connectivity index (χ1v) is 5.47. The van der Waals surface area contributed by atoms with E-state index in [9.17, 15) is 4.79 Å². The third-order valence-electron chi connectivity index (χ3n) is 1.31. The average molecular weight is 250 g/mol. The summed E-state index contributed by atoms with van der Waals surface area (Å²) in [5.74, 6) is -0.581. The van der Waals surface area contributed by atoms with E-state index < -0.39 is 13.8 Å². The van der Waals surface area contributed by atoms with Crippen molar-refractivity contribution in [1.82, 2.24) is 0 Å². The second-order valence-corrected chi connectivity index (χ2v) is 3.55. The lowest BCUT2D eigenvalue weighted by Crippen LogP contribution is -2.00. The highest BCUT2D eigenvalue weighted by Crippen LogP contribution is 2.25. The number of benzene rings is 1. The molecule has 0 amide bonds. The van der Waals surface area contributed by atoms with Gasteiger partial charge in [0, 0.05) is 0 Å². The molecule has 0 radical (unpaired) electrons. The highest BCUT2D eigenvalue weighted by Gasteiger charge is 2.08. The van der Waals surface area contributed by atoms with Crippen molar-refractivity contribution in [1.29, 1.82) is 0 Å². The highest BCUT2D eigenvalue weighted by atomic mass is 31.2. The number of ether oxygens (including phenoxy) is 1. The van der Waals surface area contributed by atoms with Crippen molar-refractivity contribution in [2.45, 2.75) is 0 Å². The summed E-state index contributed by atoms with van der Waals surface area (Å²) in [4.78, 5) is 32.4. The molecule has 1 rings (SSSR count). The van der Waals surface area contributed by atoms with Crippen molar-refractivity contribution < 1.29 is 33.9 Å². The number of hydrogen-bond donors (Lipinski definition) is 4. The number of phosphoric acid groups is 1. The number of hydrogen-bond acceptors (Lipinski definition) is 4. The van der Waals surface area contributed by atoms with Crippen molar-refractivity contribution in [3.05, 3.63) is 29.8 Å². The predicted octanol–water partition coefficient (Wildman–Crippen LogP) is 0.250. The van der Waals surface area contributed by atoms with Crippen LogP contribution in [0.4, 0.5) is 0 Å². The van der Waals surface area contributed by atoms with Crippen LogP contribution in [0.3, 0.4) is 0 Å². The van der Waals surface area contributed by atoms with E-state index >= 15 is 0 Å². The molecule has 0 fully saturated rings. The van der Waals surface area contributed by atoms with Crippen molar-refractivity contribution >= 4 is 13.8 Å². The van der Waals surface area contributed by atoms with E-state index in [2.05, 4.69) is 4.74 Å². The van der Waals surface area contributed by atoms with Crippen LogP contribution in [-0.2, 0) is 9.30 Å². The van der Waals surface area contributed by atoms with E-state index in [0.29, 0.717) is 0 Å². The smallest absolute Gasteiger partial charge is 0.466 e. The van der Waals surface area contributed by atoms with Gasteiger partial charge in [-0.2, -0.15) is 0 Å². The van der Waals surface area contributed by atoms with Gasteiger partial charge < -0.3 is 24.5 Å². The molecule has 1 aromatic rings. The fourth-order valence-electron chi connectivity index (χ4n) is 0.756. The molecule has 16 heavy (non-hydrogen) atoms. The fourth-order valence-corrected chi connectivity index (χ4v) is 0.756. The predicted molar refractivity (Wildman–Crippen MR) is 53.7 cm³/mol. The van der Waals surface area contributed by atoms with Crippen molar-refractivity contribution in [2.24, 2.45) is 0 Å². The van der Waals surface area contributed by atoms with E-state index in [4.69, 9.17) is 24.4 Å². The van der Waals surface area contributed by atoms with Gasteiger partial charge in [-0.1, -0.05) is 12.1 Å². The quantitative estimate of drug-likeness (QED) is 0.416. The number of carbonyl (C=O) groups excluding carboxylic acids is 1. The summed E-state index contributed by atoms with van der Waals surface area (Å²) in [5.41, 5.74) is 0.190. The standard InChI is InChI=1S/C8H8O3.H3O4P/c1-11-8(10)6-4-2-3-5-7(6)9;1-5(2,3)4/h2-5,9H,1H3;(H3,1,2,3,4). The molecule has 0 aromatic heterocycles. The molecule has 0 aliphatic heterocycles. The summed E-state index contributed by atoms with van der Waals surface area (Å²) >= 11 is 0. The molecule has 0 atom stereocenters. The normalized spacial score (nSPS) is 10.0. The maximum absolute atomic E-state index is 10.9. The van der Waals surface area contributed by atoms with Crippen LogP contribution < -0.4 is 0 Å². The Bertz CT molecular complexity index is 389. The third kappa shape index (κ3) is 6.97. The molecule has 0 aliphatic rings. The minimum Gasteiger partial charge on any atom is -0.507 e. The Labute approximate surface area is 91.2 Å². The van der Waals surface area contributed by atoms with E-state index in [0.717, 1.165) is 0 Å². The van der Waals surface area contributed by atoms with Gasteiger partial charge in [0.05, 0.1) is 7.11 Å². The zero-order chi connectivity index (χ0) is 12.8. The van der Waals surface area contributed by atoms with Crippen LogP contribution in [0.1, 0.15) is 10.4 Å². The first-order valence-electron chi connectivity index (χ1n) is 3.90. The number of esters is 1. The first kappa shape index (κ1) is 14.6. The van der Waals surface area contributed by atoms with Gasteiger partial charge >= 0.3 is 13.8 Å². The third-order valence-corrected chi connectivity index (χ3v) is 1.31. The Balaban J connectivity index is 0.000000385. The minimum atomic E-state index is -4.64. The first-order chi connectivity index (χ1) is 7.25. The Kier molecular flexibility index (Phi) is 5.69. The van der Waals surface area contributed by atoms with E-state index in [1.54, 1.807) is 12.1 Å². The largest absolute Gasteiger partial charge is 0.507 e. The molecule has 0 bridgehead atoms. The second kappa shape index (κ2) is 6.24. The van der Waals surface area contributed by atoms with E-state index in [-0.39, 0.29) is 11.3 Å². The zero-order valence-corrected chi connectivity index (χ0v) is 9.16. The molecule has 7 nitrogen and oxygen atoms in total.